The van der Waals surface area contributed by atoms with Gasteiger partial charge in [-0.3, -0.25) is 0 Å². The fraction of sp³-hybridized carbons (Fsp3) is 0.400. The van der Waals surface area contributed by atoms with Crippen LogP contribution < -0.4 is 0 Å². The fourth-order valence-corrected chi connectivity index (χ4v) is 2.08. The summed E-state index contributed by atoms with van der Waals surface area (Å²) in [6.07, 6.45) is 2.07. The smallest absolute Gasteiger partial charge is 0.169 e. The van der Waals surface area contributed by atoms with Crippen molar-refractivity contribution in [3.8, 4) is 0 Å². The standard InChI is InChI=1S/C10H12Br2O/c1-7(2)8(6-11)5-9-3-4-10(12)13-9/h3-5,7H,6H2,1-2H3. The number of furan rings is 1. The van der Waals surface area contributed by atoms with Crippen molar-refractivity contribution < 1.29 is 4.42 Å². The van der Waals surface area contributed by atoms with Gasteiger partial charge in [0.1, 0.15) is 5.76 Å². The Labute approximate surface area is 95.5 Å². The van der Waals surface area contributed by atoms with Gasteiger partial charge >= 0.3 is 0 Å². The van der Waals surface area contributed by atoms with E-state index >= 15 is 0 Å². The van der Waals surface area contributed by atoms with Gasteiger partial charge in [-0.15, -0.1) is 0 Å². The number of halogens is 2. The van der Waals surface area contributed by atoms with E-state index in [1.165, 1.54) is 5.57 Å². The van der Waals surface area contributed by atoms with E-state index in [2.05, 4.69) is 51.8 Å². The molecule has 0 fully saturated rings. The minimum absolute atomic E-state index is 0.545. The molecule has 0 N–H and O–H groups in total. The van der Waals surface area contributed by atoms with E-state index in [-0.39, 0.29) is 0 Å². The highest BCUT2D eigenvalue weighted by Crippen LogP contribution is 2.20. The molecule has 0 bridgehead atoms. The van der Waals surface area contributed by atoms with Crippen molar-refractivity contribution in [2.24, 2.45) is 5.92 Å². The molecule has 0 unspecified atom stereocenters. The maximum Gasteiger partial charge on any atom is 0.169 e. The first-order valence-corrected chi connectivity index (χ1v) is 6.06. The predicted octanol–water partition coefficient (Wildman–Crippen LogP) is 4.48. The average molecular weight is 308 g/mol. The van der Waals surface area contributed by atoms with Gasteiger partial charge in [0.25, 0.3) is 0 Å². The topological polar surface area (TPSA) is 13.1 Å². The number of allylic oxidation sites excluding steroid dienone is 1. The second-order valence-electron chi connectivity index (χ2n) is 3.15. The van der Waals surface area contributed by atoms with Crippen molar-refractivity contribution in [1.82, 2.24) is 0 Å². The monoisotopic (exact) mass is 306 g/mol. The minimum atomic E-state index is 0.545. The molecule has 0 radical (unpaired) electrons. The molecule has 72 valence electrons. The Kier molecular flexibility index (Phi) is 4.26. The molecule has 13 heavy (non-hydrogen) atoms. The summed E-state index contributed by atoms with van der Waals surface area (Å²) in [5.74, 6) is 1.44. The molecule has 1 aromatic rings. The highest BCUT2D eigenvalue weighted by Gasteiger charge is 2.03. The second-order valence-corrected chi connectivity index (χ2v) is 4.49. The Morgan fingerprint density at radius 1 is 1.54 bits per heavy atom. The maximum atomic E-state index is 5.39. The first-order valence-electron chi connectivity index (χ1n) is 4.15. The molecule has 1 aromatic heterocycles. The Bertz CT molecular complexity index is 300. The van der Waals surface area contributed by atoms with Crippen molar-refractivity contribution >= 4 is 37.9 Å². The lowest BCUT2D eigenvalue weighted by Gasteiger charge is -2.05. The van der Waals surface area contributed by atoms with Gasteiger partial charge in [0.05, 0.1) is 0 Å². The zero-order valence-electron chi connectivity index (χ0n) is 7.68. The van der Waals surface area contributed by atoms with Crippen LogP contribution in [0, 0.1) is 5.92 Å². The van der Waals surface area contributed by atoms with Crippen LogP contribution in [0.3, 0.4) is 0 Å². The van der Waals surface area contributed by atoms with Crippen LogP contribution in [-0.2, 0) is 0 Å². The zero-order valence-corrected chi connectivity index (χ0v) is 10.9. The number of hydrogen-bond acceptors (Lipinski definition) is 1. The van der Waals surface area contributed by atoms with Gasteiger partial charge in [0, 0.05) is 5.33 Å². The Morgan fingerprint density at radius 2 is 2.23 bits per heavy atom. The van der Waals surface area contributed by atoms with Crippen LogP contribution >= 0.6 is 31.9 Å². The molecule has 0 atom stereocenters. The number of alkyl halides is 1. The summed E-state index contributed by atoms with van der Waals surface area (Å²) in [7, 11) is 0. The maximum absolute atomic E-state index is 5.39. The van der Waals surface area contributed by atoms with Crippen molar-refractivity contribution in [2.75, 3.05) is 5.33 Å². The lowest BCUT2D eigenvalue weighted by molar-refractivity contribution is 0.530. The Hall–Kier alpha value is -0.0200. The second kappa shape index (κ2) is 5.01. The van der Waals surface area contributed by atoms with Crippen molar-refractivity contribution in [1.29, 1.82) is 0 Å². The highest BCUT2D eigenvalue weighted by atomic mass is 79.9. The molecular weight excluding hydrogens is 296 g/mol. The molecule has 1 rings (SSSR count). The van der Waals surface area contributed by atoms with Gasteiger partial charge in [-0.2, -0.15) is 0 Å². The van der Waals surface area contributed by atoms with Crippen LogP contribution in [0.1, 0.15) is 19.6 Å². The van der Waals surface area contributed by atoms with E-state index in [1.807, 2.05) is 12.1 Å². The van der Waals surface area contributed by atoms with Crippen molar-refractivity contribution in [3.63, 3.8) is 0 Å². The summed E-state index contributed by atoms with van der Waals surface area (Å²) in [6, 6.07) is 3.85. The molecule has 0 aliphatic carbocycles. The Morgan fingerprint density at radius 3 is 2.62 bits per heavy atom. The van der Waals surface area contributed by atoms with Crippen LogP contribution in [0.5, 0.6) is 0 Å². The lowest BCUT2D eigenvalue weighted by Crippen LogP contribution is -1.94. The van der Waals surface area contributed by atoms with Gasteiger partial charge in [0.2, 0.25) is 0 Å². The van der Waals surface area contributed by atoms with Gasteiger partial charge < -0.3 is 4.42 Å². The molecule has 0 saturated carbocycles. The summed E-state index contributed by atoms with van der Waals surface area (Å²) in [5, 5.41) is 0.892. The molecule has 0 spiro atoms. The van der Waals surface area contributed by atoms with Gasteiger partial charge in [-0.25, -0.2) is 0 Å². The summed E-state index contributed by atoms with van der Waals surface area (Å²) in [4.78, 5) is 0. The third kappa shape index (κ3) is 3.31. The van der Waals surface area contributed by atoms with Gasteiger partial charge in [-0.1, -0.05) is 35.4 Å². The number of rotatable bonds is 3. The largest absolute Gasteiger partial charge is 0.450 e. The predicted molar refractivity (Wildman–Crippen MR) is 63.0 cm³/mol. The van der Waals surface area contributed by atoms with Crippen molar-refractivity contribution in [3.05, 3.63) is 28.1 Å². The third-order valence-corrected chi connectivity index (χ3v) is 2.89. The molecule has 3 heteroatoms. The first kappa shape index (κ1) is 11.1. The average Bonchev–Trinajstić information content (AvgIpc) is 2.46. The molecule has 0 aliphatic heterocycles. The van der Waals surface area contributed by atoms with Gasteiger partial charge in [-0.05, 0) is 40.1 Å². The van der Waals surface area contributed by atoms with Crippen molar-refractivity contribution in [2.45, 2.75) is 13.8 Å². The normalized spacial score (nSPS) is 12.5. The van der Waals surface area contributed by atoms with E-state index in [4.69, 9.17) is 4.42 Å². The van der Waals surface area contributed by atoms with Crippen LogP contribution in [-0.4, -0.2) is 5.33 Å². The summed E-state index contributed by atoms with van der Waals surface area (Å²) in [5.41, 5.74) is 1.34. The minimum Gasteiger partial charge on any atom is -0.450 e. The molecule has 1 heterocycles. The molecule has 0 aromatic carbocycles. The quantitative estimate of drug-likeness (QED) is 0.751. The highest BCUT2D eigenvalue weighted by molar-refractivity contribution is 9.10. The molecule has 0 saturated heterocycles. The van der Waals surface area contributed by atoms with Crippen LogP contribution in [0.15, 0.2) is 26.8 Å². The summed E-state index contributed by atoms with van der Waals surface area (Å²) < 4.78 is 6.16. The molecular formula is C10H12Br2O. The summed E-state index contributed by atoms with van der Waals surface area (Å²) in [6.45, 7) is 4.34. The summed E-state index contributed by atoms with van der Waals surface area (Å²) >= 11 is 6.73. The van der Waals surface area contributed by atoms with Crippen LogP contribution in [0.2, 0.25) is 0 Å². The lowest BCUT2D eigenvalue weighted by atomic mass is 10.0. The molecule has 0 amide bonds. The van der Waals surface area contributed by atoms with Gasteiger partial charge in [0.15, 0.2) is 4.67 Å². The van der Waals surface area contributed by atoms with Crippen LogP contribution in [0.4, 0.5) is 0 Å². The van der Waals surface area contributed by atoms with E-state index in [1.54, 1.807) is 0 Å². The zero-order chi connectivity index (χ0) is 9.84. The van der Waals surface area contributed by atoms with E-state index in [9.17, 15) is 0 Å². The fourth-order valence-electron chi connectivity index (χ4n) is 0.948. The van der Waals surface area contributed by atoms with E-state index < -0.39 is 0 Å². The Balaban J connectivity index is 2.84. The molecule has 1 nitrogen and oxygen atoms in total. The molecule has 0 aliphatic rings. The third-order valence-electron chi connectivity index (χ3n) is 1.82. The SMILES string of the molecule is CC(C)C(=Cc1ccc(Br)o1)CBr. The first-order chi connectivity index (χ1) is 6.13. The van der Waals surface area contributed by atoms with E-state index in [0.29, 0.717) is 5.92 Å². The number of hydrogen-bond donors (Lipinski definition) is 0. The van der Waals surface area contributed by atoms with E-state index in [0.717, 1.165) is 15.8 Å². The van der Waals surface area contributed by atoms with Crippen LogP contribution in [0.25, 0.3) is 6.08 Å².